The van der Waals surface area contributed by atoms with Gasteiger partial charge in [-0.05, 0) is 19.3 Å². The first-order valence-corrected chi connectivity index (χ1v) is 4.49. The van der Waals surface area contributed by atoms with Crippen molar-refractivity contribution in [1.29, 1.82) is 0 Å². The van der Waals surface area contributed by atoms with Crippen molar-refractivity contribution in [3.63, 3.8) is 0 Å². The fraction of sp³-hybridized carbons (Fsp3) is 0.700. The van der Waals surface area contributed by atoms with Crippen molar-refractivity contribution in [2.75, 3.05) is 0 Å². The summed E-state index contributed by atoms with van der Waals surface area (Å²) in [5, 5.41) is 2.63. The third-order valence-corrected chi connectivity index (χ3v) is 1.67. The first-order valence-electron chi connectivity index (χ1n) is 4.49. The van der Waals surface area contributed by atoms with Gasteiger partial charge in [0.15, 0.2) is 0 Å². The van der Waals surface area contributed by atoms with Crippen molar-refractivity contribution in [3.8, 4) is 12.3 Å². The van der Waals surface area contributed by atoms with Gasteiger partial charge in [0, 0.05) is 0 Å². The van der Waals surface area contributed by atoms with Crippen LogP contribution in [-0.4, -0.2) is 18.0 Å². The van der Waals surface area contributed by atoms with Crippen LogP contribution in [0, 0.1) is 18.3 Å². The molecule has 1 unspecified atom stereocenters. The molecule has 2 atom stereocenters. The second-order valence-corrected chi connectivity index (χ2v) is 3.63. The van der Waals surface area contributed by atoms with Crippen molar-refractivity contribution in [3.05, 3.63) is 0 Å². The average Bonchev–Trinajstić information content (AvgIpc) is 2.02. The maximum atomic E-state index is 11.3. The Bertz CT molecular complexity index is 205. The van der Waals surface area contributed by atoms with Gasteiger partial charge >= 0.3 is 0 Å². The molecule has 13 heavy (non-hydrogen) atoms. The van der Waals surface area contributed by atoms with E-state index in [1.54, 1.807) is 6.92 Å². The monoisotopic (exact) mass is 182 g/mol. The van der Waals surface area contributed by atoms with Crippen LogP contribution in [-0.2, 0) is 4.79 Å². The number of nitrogens with two attached hydrogens (primary N) is 1. The third kappa shape index (κ3) is 5.26. The van der Waals surface area contributed by atoms with Crippen LogP contribution in [0.3, 0.4) is 0 Å². The van der Waals surface area contributed by atoms with Crippen molar-refractivity contribution >= 4 is 5.91 Å². The molecule has 0 spiro atoms. The van der Waals surface area contributed by atoms with Gasteiger partial charge in [0.2, 0.25) is 5.91 Å². The Labute approximate surface area is 80.1 Å². The van der Waals surface area contributed by atoms with Crippen LogP contribution in [0.5, 0.6) is 0 Å². The van der Waals surface area contributed by atoms with Crippen LogP contribution in [0.2, 0.25) is 0 Å². The van der Waals surface area contributed by atoms with Gasteiger partial charge in [-0.3, -0.25) is 4.79 Å². The summed E-state index contributed by atoms with van der Waals surface area (Å²) in [7, 11) is 0. The molecular weight excluding hydrogens is 164 g/mol. The van der Waals surface area contributed by atoms with E-state index >= 15 is 0 Å². The maximum absolute atomic E-state index is 11.3. The molecule has 0 aromatic heterocycles. The molecule has 3 heteroatoms. The summed E-state index contributed by atoms with van der Waals surface area (Å²) in [4.78, 5) is 11.3. The minimum absolute atomic E-state index is 0.167. The molecule has 74 valence electrons. The van der Waals surface area contributed by atoms with Crippen LogP contribution in [0.1, 0.15) is 27.2 Å². The molecule has 0 radical (unpaired) electrons. The highest BCUT2D eigenvalue weighted by Crippen LogP contribution is 2.02. The Morgan fingerprint density at radius 3 is 2.46 bits per heavy atom. The number of carbonyl (C=O) groups excluding carboxylic acids is 1. The van der Waals surface area contributed by atoms with Gasteiger partial charge in [-0.2, -0.15) is 0 Å². The highest BCUT2D eigenvalue weighted by atomic mass is 16.2. The van der Waals surface area contributed by atoms with Crippen LogP contribution in [0.4, 0.5) is 0 Å². The largest absolute Gasteiger partial charge is 0.341 e. The molecule has 0 saturated heterocycles. The van der Waals surface area contributed by atoms with Gasteiger partial charge in [0.1, 0.15) is 0 Å². The lowest BCUT2D eigenvalue weighted by Gasteiger charge is -2.15. The van der Waals surface area contributed by atoms with E-state index in [-0.39, 0.29) is 11.9 Å². The van der Waals surface area contributed by atoms with Gasteiger partial charge in [0.05, 0.1) is 12.1 Å². The minimum atomic E-state index is -0.448. The van der Waals surface area contributed by atoms with E-state index in [0.717, 1.165) is 0 Å². The number of terminal acetylenes is 1. The molecule has 3 N–H and O–H groups in total. The summed E-state index contributed by atoms with van der Waals surface area (Å²) in [5.41, 5.74) is 5.64. The summed E-state index contributed by atoms with van der Waals surface area (Å²) < 4.78 is 0. The zero-order chi connectivity index (χ0) is 10.4. The van der Waals surface area contributed by atoms with Crippen LogP contribution >= 0.6 is 0 Å². The fourth-order valence-electron chi connectivity index (χ4n) is 0.977. The van der Waals surface area contributed by atoms with Crippen LogP contribution in [0.15, 0.2) is 0 Å². The lowest BCUT2D eigenvalue weighted by Crippen LogP contribution is -2.44. The first kappa shape index (κ1) is 12.0. The normalized spacial score (nSPS) is 14.8. The van der Waals surface area contributed by atoms with Crippen LogP contribution < -0.4 is 11.1 Å². The number of amides is 1. The molecule has 0 aliphatic heterocycles. The van der Waals surface area contributed by atoms with Gasteiger partial charge in [-0.15, -0.1) is 6.42 Å². The summed E-state index contributed by atoms with van der Waals surface area (Å²) in [6, 6.07) is -0.693. The molecule has 0 aromatic carbocycles. The molecule has 0 rings (SSSR count). The van der Waals surface area contributed by atoms with Crippen molar-refractivity contribution in [2.45, 2.75) is 39.3 Å². The highest BCUT2D eigenvalue weighted by molar-refractivity contribution is 5.82. The van der Waals surface area contributed by atoms with Gasteiger partial charge in [-0.1, -0.05) is 19.8 Å². The predicted octanol–water partition coefficient (Wildman–Crippen LogP) is 0.498. The number of hydrogen-bond acceptors (Lipinski definition) is 2. The van der Waals surface area contributed by atoms with Crippen molar-refractivity contribution in [2.24, 2.45) is 11.7 Å². The van der Waals surface area contributed by atoms with Gasteiger partial charge < -0.3 is 11.1 Å². The second-order valence-electron chi connectivity index (χ2n) is 3.63. The van der Waals surface area contributed by atoms with E-state index in [0.29, 0.717) is 12.3 Å². The van der Waals surface area contributed by atoms with Gasteiger partial charge in [-0.25, -0.2) is 0 Å². The Kier molecular flexibility index (Phi) is 5.17. The van der Waals surface area contributed by atoms with E-state index in [1.165, 1.54) is 0 Å². The zero-order valence-electron chi connectivity index (χ0n) is 8.50. The SMILES string of the molecule is C#CC(C)NC(=O)[C@H](N)CC(C)C. The van der Waals surface area contributed by atoms with Crippen molar-refractivity contribution in [1.82, 2.24) is 5.32 Å². The predicted molar refractivity (Wildman–Crippen MR) is 53.9 cm³/mol. The fourth-order valence-corrected chi connectivity index (χ4v) is 0.977. The zero-order valence-corrected chi connectivity index (χ0v) is 8.50. The summed E-state index contributed by atoms with van der Waals surface area (Å²) in [6.07, 6.45) is 5.80. The molecule has 0 fully saturated rings. The van der Waals surface area contributed by atoms with E-state index in [2.05, 4.69) is 11.2 Å². The Hall–Kier alpha value is -1.01. The molecule has 0 aliphatic rings. The van der Waals surface area contributed by atoms with Crippen LogP contribution in [0.25, 0.3) is 0 Å². The Balaban J connectivity index is 3.91. The second kappa shape index (κ2) is 5.60. The number of carbonyl (C=O) groups is 1. The minimum Gasteiger partial charge on any atom is -0.341 e. The molecule has 0 aliphatic carbocycles. The summed E-state index contributed by atoms with van der Waals surface area (Å²) in [5.74, 6) is 2.67. The van der Waals surface area contributed by atoms with E-state index in [1.807, 2.05) is 13.8 Å². The van der Waals surface area contributed by atoms with Crippen molar-refractivity contribution < 1.29 is 4.79 Å². The molecular formula is C10H18N2O. The smallest absolute Gasteiger partial charge is 0.237 e. The maximum Gasteiger partial charge on any atom is 0.237 e. The first-order chi connectivity index (χ1) is 5.97. The number of nitrogens with one attached hydrogen (secondary N) is 1. The number of hydrogen-bond donors (Lipinski definition) is 2. The lowest BCUT2D eigenvalue weighted by atomic mass is 10.0. The lowest BCUT2D eigenvalue weighted by molar-refractivity contribution is -0.122. The van der Waals surface area contributed by atoms with E-state index in [9.17, 15) is 4.79 Å². The molecule has 0 heterocycles. The topological polar surface area (TPSA) is 55.1 Å². The number of rotatable bonds is 4. The molecule has 0 bridgehead atoms. The molecule has 3 nitrogen and oxygen atoms in total. The highest BCUT2D eigenvalue weighted by Gasteiger charge is 2.15. The standard InChI is InChI=1S/C10H18N2O/c1-5-8(4)12-10(13)9(11)6-7(2)3/h1,7-9H,6,11H2,2-4H3,(H,12,13)/t8?,9-/m1/s1. The molecule has 0 aromatic rings. The quantitative estimate of drug-likeness (QED) is 0.622. The van der Waals surface area contributed by atoms with E-state index in [4.69, 9.17) is 12.2 Å². The van der Waals surface area contributed by atoms with Gasteiger partial charge in [0.25, 0.3) is 0 Å². The molecule has 1 amide bonds. The van der Waals surface area contributed by atoms with E-state index < -0.39 is 6.04 Å². The summed E-state index contributed by atoms with van der Waals surface area (Å²) >= 11 is 0. The summed E-state index contributed by atoms with van der Waals surface area (Å²) in [6.45, 7) is 5.80. The third-order valence-electron chi connectivity index (χ3n) is 1.67. The average molecular weight is 182 g/mol. The molecule has 0 saturated carbocycles. The Morgan fingerprint density at radius 2 is 2.08 bits per heavy atom. The Morgan fingerprint density at radius 1 is 1.54 bits per heavy atom.